The second kappa shape index (κ2) is 8.39. The summed E-state index contributed by atoms with van der Waals surface area (Å²) in [5.41, 5.74) is 1.69. The molecule has 1 aromatic carbocycles. The van der Waals surface area contributed by atoms with Crippen LogP contribution in [0.2, 0.25) is 0 Å². The van der Waals surface area contributed by atoms with Crippen LogP contribution in [0.15, 0.2) is 54.7 Å². The lowest BCUT2D eigenvalue weighted by Crippen LogP contribution is -2.24. The molecular weight excluding hydrogens is 264 g/mol. The third-order valence-electron chi connectivity index (χ3n) is 2.61. The van der Waals surface area contributed by atoms with Crippen LogP contribution in [-0.4, -0.2) is 17.6 Å². The second-order valence-corrected chi connectivity index (χ2v) is 4.26. The number of nitrogens with zero attached hydrogens (tertiary/aromatic N) is 1. The summed E-state index contributed by atoms with van der Waals surface area (Å²) in [6, 6.07) is 15.1. The van der Waals surface area contributed by atoms with Crippen molar-refractivity contribution < 1.29 is 9.53 Å². The summed E-state index contributed by atoms with van der Waals surface area (Å²) < 4.78 is 5.08. The molecule has 0 spiro atoms. The van der Waals surface area contributed by atoms with Crippen molar-refractivity contribution in [1.29, 1.82) is 0 Å². The smallest absolute Gasteiger partial charge is 0.407 e. The topological polar surface area (TPSA) is 51.2 Å². The molecule has 0 aliphatic carbocycles. The number of pyridine rings is 1. The predicted octanol–water partition coefficient (Wildman–Crippen LogP) is 2.75. The van der Waals surface area contributed by atoms with Crippen LogP contribution in [0, 0.1) is 11.8 Å². The maximum Gasteiger partial charge on any atom is 0.407 e. The zero-order valence-electron chi connectivity index (χ0n) is 11.6. The molecule has 0 radical (unpaired) electrons. The number of amides is 1. The Morgan fingerprint density at radius 1 is 1.14 bits per heavy atom. The van der Waals surface area contributed by atoms with E-state index in [0.717, 1.165) is 11.3 Å². The number of hydrogen-bond acceptors (Lipinski definition) is 3. The van der Waals surface area contributed by atoms with Crippen LogP contribution in [0.4, 0.5) is 4.79 Å². The Morgan fingerprint density at radius 2 is 1.95 bits per heavy atom. The Hall–Kier alpha value is -2.80. The van der Waals surface area contributed by atoms with Gasteiger partial charge in [0.2, 0.25) is 0 Å². The molecule has 1 N–H and O–H groups in total. The number of aromatic nitrogens is 1. The molecule has 4 nitrogen and oxygen atoms in total. The minimum absolute atomic E-state index is 0.270. The second-order valence-electron chi connectivity index (χ2n) is 4.26. The molecule has 2 rings (SSSR count). The number of alkyl carbamates (subject to hydrolysis) is 1. The fourth-order valence-corrected chi connectivity index (χ4v) is 1.59. The molecule has 1 aromatic heterocycles. The number of carbonyl (C=O) groups excluding carboxylic acids is 1. The summed E-state index contributed by atoms with van der Waals surface area (Å²) in [6.45, 7) is 0.722. The first kappa shape index (κ1) is 14.6. The van der Waals surface area contributed by atoms with Crippen molar-refractivity contribution in [1.82, 2.24) is 10.3 Å². The Bertz CT molecular complexity index is 615. The van der Waals surface area contributed by atoms with Crippen molar-refractivity contribution >= 4 is 6.09 Å². The van der Waals surface area contributed by atoms with E-state index in [2.05, 4.69) is 22.1 Å². The molecule has 1 heterocycles. The standard InChI is InChI=1S/C17H16N2O2/c20-17(21-14-15-8-2-1-3-9-15)19-13-7-5-11-16-10-4-6-12-18-16/h1-4,6,8-10,12H,7,13-14H2,(H,19,20). The molecule has 0 aliphatic heterocycles. The predicted molar refractivity (Wildman–Crippen MR) is 80.4 cm³/mol. The SMILES string of the molecule is O=C(NCCC#Cc1ccccn1)OCc1ccccc1. The van der Waals surface area contributed by atoms with Gasteiger partial charge in [-0.25, -0.2) is 9.78 Å². The van der Waals surface area contributed by atoms with E-state index in [-0.39, 0.29) is 6.61 Å². The number of hydrogen-bond donors (Lipinski definition) is 1. The number of nitrogens with one attached hydrogen (secondary N) is 1. The van der Waals surface area contributed by atoms with Crippen molar-refractivity contribution in [2.75, 3.05) is 6.54 Å². The highest BCUT2D eigenvalue weighted by Crippen LogP contribution is 2.00. The summed E-state index contributed by atoms with van der Waals surface area (Å²) in [7, 11) is 0. The third kappa shape index (κ3) is 5.79. The summed E-state index contributed by atoms with van der Waals surface area (Å²) >= 11 is 0. The first-order chi connectivity index (χ1) is 10.3. The van der Waals surface area contributed by atoms with Crippen LogP contribution >= 0.6 is 0 Å². The van der Waals surface area contributed by atoms with Crippen molar-refractivity contribution in [2.24, 2.45) is 0 Å². The maximum atomic E-state index is 11.5. The lowest BCUT2D eigenvalue weighted by molar-refractivity contribution is 0.140. The molecule has 4 heteroatoms. The first-order valence-electron chi connectivity index (χ1n) is 6.69. The van der Waals surface area contributed by atoms with Gasteiger partial charge in [0.05, 0.1) is 0 Å². The van der Waals surface area contributed by atoms with E-state index in [4.69, 9.17) is 4.74 Å². The number of benzene rings is 1. The van der Waals surface area contributed by atoms with E-state index in [9.17, 15) is 4.79 Å². The average Bonchev–Trinajstić information content (AvgIpc) is 2.54. The average molecular weight is 280 g/mol. The molecule has 1 amide bonds. The summed E-state index contributed by atoms with van der Waals surface area (Å²) in [5.74, 6) is 5.87. The van der Waals surface area contributed by atoms with Gasteiger partial charge in [0.15, 0.2) is 0 Å². The zero-order valence-corrected chi connectivity index (χ0v) is 11.6. The normalized spacial score (nSPS) is 9.33. The molecule has 0 bridgehead atoms. The fraction of sp³-hybridized carbons (Fsp3) is 0.176. The van der Waals surface area contributed by atoms with Crippen LogP contribution < -0.4 is 5.32 Å². The quantitative estimate of drug-likeness (QED) is 0.692. The van der Waals surface area contributed by atoms with E-state index in [0.29, 0.717) is 13.0 Å². The number of ether oxygens (including phenoxy) is 1. The minimum Gasteiger partial charge on any atom is -0.445 e. The monoisotopic (exact) mass is 280 g/mol. The fourth-order valence-electron chi connectivity index (χ4n) is 1.59. The van der Waals surface area contributed by atoms with E-state index in [1.54, 1.807) is 6.20 Å². The van der Waals surface area contributed by atoms with Crippen molar-refractivity contribution in [3.8, 4) is 11.8 Å². The van der Waals surface area contributed by atoms with E-state index < -0.39 is 6.09 Å². The molecule has 0 unspecified atom stereocenters. The first-order valence-corrected chi connectivity index (χ1v) is 6.69. The highest BCUT2D eigenvalue weighted by atomic mass is 16.5. The molecule has 2 aromatic rings. The van der Waals surface area contributed by atoms with Crippen LogP contribution in [0.25, 0.3) is 0 Å². The Labute approximate surface area is 124 Å². The molecular formula is C17H16N2O2. The van der Waals surface area contributed by atoms with Gasteiger partial charge in [0, 0.05) is 19.2 Å². The van der Waals surface area contributed by atoms with Crippen molar-refractivity contribution in [3.63, 3.8) is 0 Å². The Morgan fingerprint density at radius 3 is 2.71 bits per heavy atom. The van der Waals surface area contributed by atoms with Gasteiger partial charge in [-0.2, -0.15) is 0 Å². The third-order valence-corrected chi connectivity index (χ3v) is 2.61. The summed E-state index contributed by atoms with van der Waals surface area (Å²) in [5, 5.41) is 2.66. The zero-order chi connectivity index (χ0) is 14.8. The van der Waals surface area contributed by atoms with Crippen molar-refractivity contribution in [3.05, 3.63) is 66.0 Å². The van der Waals surface area contributed by atoms with Crippen LogP contribution in [0.3, 0.4) is 0 Å². The maximum absolute atomic E-state index is 11.5. The van der Waals surface area contributed by atoms with Gasteiger partial charge in [-0.05, 0) is 23.6 Å². The molecule has 0 saturated heterocycles. The van der Waals surface area contributed by atoms with Gasteiger partial charge in [0.1, 0.15) is 12.3 Å². The lowest BCUT2D eigenvalue weighted by Gasteiger charge is -2.05. The lowest BCUT2D eigenvalue weighted by atomic mass is 10.2. The molecule has 0 saturated carbocycles. The molecule has 0 atom stereocenters. The highest BCUT2D eigenvalue weighted by molar-refractivity contribution is 5.67. The van der Waals surface area contributed by atoms with E-state index >= 15 is 0 Å². The number of carbonyl (C=O) groups is 1. The molecule has 0 aliphatic rings. The van der Waals surface area contributed by atoms with Gasteiger partial charge in [0.25, 0.3) is 0 Å². The summed E-state index contributed by atoms with van der Waals surface area (Å²) in [6.07, 6.45) is 1.82. The number of rotatable bonds is 4. The van der Waals surface area contributed by atoms with E-state index in [1.807, 2.05) is 48.5 Å². The Kier molecular flexibility index (Phi) is 5.83. The van der Waals surface area contributed by atoms with E-state index in [1.165, 1.54) is 0 Å². The molecule has 21 heavy (non-hydrogen) atoms. The van der Waals surface area contributed by atoms with Crippen LogP contribution in [0.1, 0.15) is 17.7 Å². The van der Waals surface area contributed by atoms with Gasteiger partial charge < -0.3 is 10.1 Å². The molecule has 0 fully saturated rings. The minimum atomic E-state index is -0.432. The van der Waals surface area contributed by atoms with Gasteiger partial charge in [-0.15, -0.1) is 0 Å². The Balaban J connectivity index is 1.63. The van der Waals surface area contributed by atoms with Gasteiger partial charge in [-0.1, -0.05) is 42.3 Å². The van der Waals surface area contributed by atoms with Crippen LogP contribution in [-0.2, 0) is 11.3 Å². The highest BCUT2D eigenvalue weighted by Gasteiger charge is 2.00. The largest absolute Gasteiger partial charge is 0.445 e. The van der Waals surface area contributed by atoms with Gasteiger partial charge in [-0.3, -0.25) is 0 Å². The van der Waals surface area contributed by atoms with Crippen LogP contribution in [0.5, 0.6) is 0 Å². The molecule has 106 valence electrons. The summed E-state index contributed by atoms with van der Waals surface area (Å²) in [4.78, 5) is 15.5. The van der Waals surface area contributed by atoms with Crippen molar-refractivity contribution in [2.45, 2.75) is 13.0 Å². The van der Waals surface area contributed by atoms with Gasteiger partial charge >= 0.3 is 6.09 Å².